The lowest BCUT2D eigenvalue weighted by molar-refractivity contribution is 0.229. The van der Waals surface area contributed by atoms with Crippen molar-refractivity contribution in [3.05, 3.63) is 34.1 Å². The van der Waals surface area contributed by atoms with Gasteiger partial charge in [0.15, 0.2) is 5.58 Å². The number of nitrogens with zero attached hydrogens (tertiary/aromatic N) is 1. The van der Waals surface area contributed by atoms with E-state index in [9.17, 15) is 4.79 Å². The molecule has 16 heavy (non-hydrogen) atoms. The van der Waals surface area contributed by atoms with E-state index < -0.39 is 0 Å². The van der Waals surface area contributed by atoms with Crippen molar-refractivity contribution in [1.82, 2.24) is 4.74 Å². The molecule has 1 aromatic carbocycles. The summed E-state index contributed by atoms with van der Waals surface area (Å²) in [7, 11) is 0. The Bertz CT molecular complexity index is 573. The normalized spacial score (nSPS) is 17.3. The topological polar surface area (TPSA) is 35.1 Å². The van der Waals surface area contributed by atoms with Gasteiger partial charge >= 0.3 is 0 Å². The van der Waals surface area contributed by atoms with Crippen molar-refractivity contribution in [1.29, 1.82) is 0 Å². The molecule has 0 aliphatic heterocycles. The Morgan fingerprint density at radius 1 is 1.31 bits per heavy atom. The van der Waals surface area contributed by atoms with Crippen LogP contribution in [-0.2, 0) is 0 Å². The number of hydrogen-bond donors (Lipinski definition) is 0. The van der Waals surface area contributed by atoms with E-state index in [2.05, 4.69) is 0 Å². The molecule has 0 radical (unpaired) electrons. The van der Waals surface area contributed by atoms with Gasteiger partial charge in [-0.2, -0.15) is 4.74 Å². The Hall–Kier alpha value is -1.51. The van der Waals surface area contributed by atoms with Gasteiger partial charge in [0.1, 0.15) is 0 Å². The monoisotopic (exact) mass is 217 g/mol. The van der Waals surface area contributed by atoms with Crippen molar-refractivity contribution >= 4 is 11.0 Å². The predicted molar refractivity (Wildman–Crippen MR) is 62.7 cm³/mol. The van der Waals surface area contributed by atoms with Gasteiger partial charge in [-0.1, -0.05) is 25.0 Å². The van der Waals surface area contributed by atoms with Crippen LogP contribution in [0.2, 0.25) is 0 Å². The van der Waals surface area contributed by atoms with Crippen LogP contribution in [0.4, 0.5) is 0 Å². The van der Waals surface area contributed by atoms with Crippen molar-refractivity contribution in [3.8, 4) is 0 Å². The van der Waals surface area contributed by atoms with Crippen molar-refractivity contribution < 1.29 is 4.52 Å². The Labute approximate surface area is 93.6 Å². The average Bonchev–Trinajstić information content (AvgIpc) is 2.88. The van der Waals surface area contributed by atoms with Crippen LogP contribution in [0, 0.1) is 6.92 Å². The molecule has 0 amide bonds. The maximum absolute atomic E-state index is 12.1. The summed E-state index contributed by atoms with van der Waals surface area (Å²) in [5.74, 6) is 0. The highest BCUT2D eigenvalue weighted by atomic mass is 16.5. The van der Waals surface area contributed by atoms with E-state index in [4.69, 9.17) is 4.52 Å². The lowest BCUT2D eigenvalue weighted by Gasteiger charge is -2.06. The van der Waals surface area contributed by atoms with Crippen molar-refractivity contribution in [2.45, 2.75) is 38.6 Å². The molecule has 0 unspecified atom stereocenters. The van der Waals surface area contributed by atoms with E-state index in [1.807, 2.05) is 25.1 Å². The van der Waals surface area contributed by atoms with Gasteiger partial charge in [-0.25, -0.2) is 0 Å². The van der Waals surface area contributed by atoms with Gasteiger partial charge in [-0.05, 0) is 31.4 Å². The minimum atomic E-state index is 0.0330. The first-order valence-corrected chi connectivity index (χ1v) is 5.88. The summed E-state index contributed by atoms with van der Waals surface area (Å²) in [4.78, 5) is 12.1. The highest BCUT2D eigenvalue weighted by molar-refractivity contribution is 5.78. The Kier molecular flexibility index (Phi) is 2.13. The van der Waals surface area contributed by atoms with Crippen LogP contribution in [0.25, 0.3) is 11.0 Å². The molecule has 0 N–H and O–H groups in total. The van der Waals surface area contributed by atoms with E-state index in [0.29, 0.717) is 5.39 Å². The van der Waals surface area contributed by atoms with Gasteiger partial charge in [0.2, 0.25) is 0 Å². The minimum Gasteiger partial charge on any atom is -0.375 e. The summed E-state index contributed by atoms with van der Waals surface area (Å²) >= 11 is 0. The van der Waals surface area contributed by atoms with Crippen molar-refractivity contribution in [2.24, 2.45) is 0 Å². The fourth-order valence-electron chi connectivity index (χ4n) is 2.58. The first-order valence-electron chi connectivity index (χ1n) is 5.88. The van der Waals surface area contributed by atoms with E-state index in [1.54, 1.807) is 4.74 Å². The number of aromatic nitrogens is 1. The number of benzene rings is 1. The highest BCUT2D eigenvalue weighted by Gasteiger charge is 2.22. The molecule has 1 heterocycles. The molecule has 0 saturated heterocycles. The zero-order chi connectivity index (χ0) is 11.1. The SMILES string of the molecule is Cc1cccc2c(=O)n(C3CCCC3)oc12. The summed E-state index contributed by atoms with van der Waals surface area (Å²) in [6, 6.07) is 6.01. The van der Waals surface area contributed by atoms with Crippen molar-refractivity contribution in [3.63, 3.8) is 0 Å². The number of hydrogen-bond acceptors (Lipinski definition) is 2. The molecule has 84 valence electrons. The minimum absolute atomic E-state index is 0.0330. The molecule has 1 saturated carbocycles. The van der Waals surface area contributed by atoms with Crippen LogP contribution in [-0.4, -0.2) is 4.74 Å². The Morgan fingerprint density at radius 2 is 2.06 bits per heavy atom. The second kappa shape index (κ2) is 3.51. The molecule has 2 aromatic rings. The van der Waals surface area contributed by atoms with Crippen LogP contribution < -0.4 is 5.56 Å². The van der Waals surface area contributed by atoms with E-state index in [1.165, 1.54) is 12.8 Å². The fraction of sp³-hybridized carbons (Fsp3) is 0.462. The molecule has 0 spiro atoms. The van der Waals surface area contributed by atoms with E-state index in [-0.39, 0.29) is 11.6 Å². The lowest BCUT2D eigenvalue weighted by atomic mass is 10.2. The standard InChI is InChI=1S/C13H15NO2/c1-9-5-4-8-11-12(9)16-14(13(11)15)10-6-2-3-7-10/h4-5,8,10H,2-3,6-7H2,1H3. The number of para-hydroxylation sites is 1. The van der Waals surface area contributed by atoms with Crippen LogP contribution in [0.15, 0.2) is 27.5 Å². The van der Waals surface area contributed by atoms with E-state index >= 15 is 0 Å². The number of aryl methyl sites for hydroxylation is 1. The molecule has 3 heteroatoms. The molecule has 1 fully saturated rings. The molecule has 0 atom stereocenters. The molecule has 1 aliphatic rings. The van der Waals surface area contributed by atoms with Crippen molar-refractivity contribution in [2.75, 3.05) is 0 Å². The Balaban J connectivity index is 2.23. The Morgan fingerprint density at radius 3 is 2.75 bits per heavy atom. The number of fused-ring (bicyclic) bond motifs is 1. The maximum Gasteiger partial charge on any atom is 0.290 e. The smallest absolute Gasteiger partial charge is 0.290 e. The summed E-state index contributed by atoms with van der Waals surface area (Å²) < 4.78 is 7.31. The fourth-order valence-corrected chi connectivity index (χ4v) is 2.58. The van der Waals surface area contributed by atoms with Crippen LogP contribution in [0.5, 0.6) is 0 Å². The maximum atomic E-state index is 12.1. The third-order valence-electron chi connectivity index (χ3n) is 3.49. The molecular formula is C13H15NO2. The van der Waals surface area contributed by atoms with Crippen LogP contribution >= 0.6 is 0 Å². The van der Waals surface area contributed by atoms with Gasteiger partial charge in [0, 0.05) is 0 Å². The second-order valence-corrected chi connectivity index (χ2v) is 4.61. The third-order valence-corrected chi connectivity index (χ3v) is 3.49. The predicted octanol–water partition coefficient (Wildman–Crippen LogP) is 3.02. The lowest BCUT2D eigenvalue weighted by Crippen LogP contribution is -2.18. The quantitative estimate of drug-likeness (QED) is 0.736. The summed E-state index contributed by atoms with van der Waals surface area (Å²) in [5, 5.41) is 0.715. The van der Waals surface area contributed by atoms with Gasteiger partial charge < -0.3 is 4.52 Å². The second-order valence-electron chi connectivity index (χ2n) is 4.61. The van der Waals surface area contributed by atoms with Crippen LogP contribution in [0.3, 0.4) is 0 Å². The van der Waals surface area contributed by atoms with Gasteiger partial charge in [-0.3, -0.25) is 4.79 Å². The van der Waals surface area contributed by atoms with Gasteiger partial charge in [-0.15, -0.1) is 0 Å². The molecule has 1 aliphatic carbocycles. The number of rotatable bonds is 1. The average molecular weight is 217 g/mol. The first-order chi connectivity index (χ1) is 7.77. The molecule has 1 aromatic heterocycles. The molecule has 0 bridgehead atoms. The molecule has 3 nitrogen and oxygen atoms in total. The van der Waals surface area contributed by atoms with E-state index in [0.717, 1.165) is 24.0 Å². The van der Waals surface area contributed by atoms with Gasteiger partial charge in [0.25, 0.3) is 5.56 Å². The summed E-state index contributed by atoms with van der Waals surface area (Å²) in [5.41, 5.74) is 1.82. The first kappa shape index (κ1) is 9.70. The molecule has 3 rings (SSSR count). The summed E-state index contributed by atoms with van der Waals surface area (Å²) in [6.07, 6.45) is 4.54. The third kappa shape index (κ3) is 1.31. The zero-order valence-corrected chi connectivity index (χ0v) is 9.40. The van der Waals surface area contributed by atoms with Crippen LogP contribution in [0.1, 0.15) is 37.3 Å². The highest BCUT2D eigenvalue weighted by Crippen LogP contribution is 2.29. The van der Waals surface area contributed by atoms with Gasteiger partial charge in [0.05, 0.1) is 11.4 Å². The summed E-state index contributed by atoms with van der Waals surface area (Å²) in [6.45, 7) is 1.98. The largest absolute Gasteiger partial charge is 0.375 e. The zero-order valence-electron chi connectivity index (χ0n) is 9.40. The molecular weight excluding hydrogens is 202 g/mol.